The van der Waals surface area contributed by atoms with E-state index in [1.54, 1.807) is 6.08 Å². The van der Waals surface area contributed by atoms with Gasteiger partial charge in [-0.15, -0.1) is 13.2 Å². The van der Waals surface area contributed by atoms with Gasteiger partial charge in [-0.3, -0.25) is 4.79 Å². The van der Waals surface area contributed by atoms with Gasteiger partial charge in [-0.25, -0.2) is 0 Å². The monoisotopic (exact) mass is 138 g/mol. The number of Topliss-reactive ketones (excluding diaryl/α,β-unsaturated/α-hetero) is 1. The summed E-state index contributed by atoms with van der Waals surface area (Å²) in [5, 5.41) is 0. The number of hydrogen-bond donors (Lipinski definition) is 0. The Labute approximate surface area is 62.4 Å². The summed E-state index contributed by atoms with van der Waals surface area (Å²) in [5.41, 5.74) is 1.07. The molecule has 0 radical (unpaired) electrons. The van der Waals surface area contributed by atoms with Gasteiger partial charge in [-0.2, -0.15) is 0 Å². The molecule has 0 N–H and O–H groups in total. The first kappa shape index (κ1) is 9.15. The topological polar surface area (TPSA) is 17.1 Å². The van der Waals surface area contributed by atoms with E-state index in [0.29, 0.717) is 12.8 Å². The second-order valence-electron chi connectivity index (χ2n) is 2.49. The van der Waals surface area contributed by atoms with Gasteiger partial charge >= 0.3 is 0 Å². The lowest BCUT2D eigenvalue weighted by molar-refractivity contribution is -0.118. The Balaban J connectivity index is 3.39. The minimum atomic E-state index is 0.248. The highest BCUT2D eigenvalue weighted by molar-refractivity contribution is 5.79. The minimum Gasteiger partial charge on any atom is -0.299 e. The fraction of sp³-hybridized carbons (Fsp3) is 0.444. The second kappa shape index (κ2) is 4.98. The standard InChI is InChI=1S/C9H14O/c1-4-5-9(10)7-6-8(2)3/h4H,1-2,5-7H2,3H3. The first-order chi connectivity index (χ1) is 4.66. The van der Waals surface area contributed by atoms with Crippen molar-refractivity contribution < 1.29 is 4.79 Å². The quantitative estimate of drug-likeness (QED) is 0.533. The van der Waals surface area contributed by atoms with Crippen molar-refractivity contribution in [2.75, 3.05) is 0 Å². The average Bonchev–Trinajstić information content (AvgIpc) is 1.85. The summed E-state index contributed by atoms with van der Waals surface area (Å²) in [6, 6.07) is 0. The Kier molecular flexibility index (Phi) is 4.55. The van der Waals surface area contributed by atoms with Crippen LogP contribution in [0.25, 0.3) is 0 Å². The fourth-order valence-electron chi connectivity index (χ4n) is 0.616. The smallest absolute Gasteiger partial charge is 0.136 e. The van der Waals surface area contributed by atoms with Crippen LogP contribution in [-0.4, -0.2) is 5.78 Å². The van der Waals surface area contributed by atoms with Crippen LogP contribution in [0.1, 0.15) is 26.2 Å². The molecule has 0 atom stereocenters. The van der Waals surface area contributed by atoms with Crippen molar-refractivity contribution in [1.29, 1.82) is 0 Å². The lowest BCUT2D eigenvalue weighted by Crippen LogP contribution is -1.94. The van der Waals surface area contributed by atoms with Gasteiger partial charge in [-0.05, 0) is 13.3 Å². The molecule has 0 saturated heterocycles. The third-order valence-corrected chi connectivity index (χ3v) is 1.20. The lowest BCUT2D eigenvalue weighted by Gasteiger charge is -1.95. The zero-order chi connectivity index (χ0) is 7.98. The lowest BCUT2D eigenvalue weighted by atomic mass is 10.1. The highest BCUT2D eigenvalue weighted by Gasteiger charge is 1.97. The summed E-state index contributed by atoms with van der Waals surface area (Å²) < 4.78 is 0. The van der Waals surface area contributed by atoms with Crippen LogP contribution in [-0.2, 0) is 4.79 Å². The molecule has 0 aliphatic carbocycles. The van der Waals surface area contributed by atoms with Crippen molar-refractivity contribution in [3.63, 3.8) is 0 Å². The van der Waals surface area contributed by atoms with Crippen molar-refractivity contribution >= 4 is 5.78 Å². The molecular weight excluding hydrogens is 124 g/mol. The Morgan fingerprint density at radius 2 is 2.10 bits per heavy atom. The van der Waals surface area contributed by atoms with E-state index in [1.165, 1.54) is 0 Å². The summed E-state index contributed by atoms with van der Waals surface area (Å²) in [6.07, 6.45) is 3.56. The van der Waals surface area contributed by atoms with E-state index in [4.69, 9.17) is 0 Å². The summed E-state index contributed by atoms with van der Waals surface area (Å²) >= 11 is 0. The van der Waals surface area contributed by atoms with Crippen LogP contribution in [0.5, 0.6) is 0 Å². The van der Waals surface area contributed by atoms with Gasteiger partial charge in [-0.1, -0.05) is 11.6 Å². The average molecular weight is 138 g/mol. The van der Waals surface area contributed by atoms with Crippen LogP contribution < -0.4 is 0 Å². The molecule has 0 saturated carbocycles. The molecule has 0 aromatic rings. The van der Waals surface area contributed by atoms with E-state index >= 15 is 0 Å². The van der Waals surface area contributed by atoms with E-state index < -0.39 is 0 Å². The summed E-state index contributed by atoms with van der Waals surface area (Å²) in [4.78, 5) is 10.8. The van der Waals surface area contributed by atoms with Crippen molar-refractivity contribution in [3.05, 3.63) is 24.8 Å². The zero-order valence-corrected chi connectivity index (χ0v) is 6.52. The summed E-state index contributed by atoms with van der Waals surface area (Å²) in [6.45, 7) is 9.13. The van der Waals surface area contributed by atoms with Gasteiger partial charge in [0, 0.05) is 12.8 Å². The van der Waals surface area contributed by atoms with Crippen molar-refractivity contribution in [1.82, 2.24) is 0 Å². The molecule has 10 heavy (non-hydrogen) atoms. The maximum Gasteiger partial charge on any atom is 0.136 e. The Morgan fingerprint density at radius 1 is 1.50 bits per heavy atom. The molecule has 0 aliphatic heterocycles. The van der Waals surface area contributed by atoms with Gasteiger partial charge in [0.25, 0.3) is 0 Å². The minimum absolute atomic E-state index is 0.248. The molecule has 0 amide bonds. The van der Waals surface area contributed by atoms with E-state index in [1.807, 2.05) is 6.92 Å². The van der Waals surface area contributed by atoms with Crippen molar-refractivity contribution in [2.24, 2.45) is 0 Å². The summed E-state index contributed by atoms with van der Waals surface area (Å²) in [7, 11) is 0. The molecule has 0 rings (SSSR count). The van der Waals surface area contributed by atoms with Gasteiger partial charge in [0.05, 0.1) is 0 Å². The van der Waals surface area contributed by atoms with Crippen LogP contribution in [0.2, 0.25) is 0 Å². The van der Waals surface area contributed by atoms with Gasteiger partial charge in [0.1, 0.15) is 5.78 Å². The van der Waals surface area contributed by atoms with Gasteiger partial charge in [0.15, 0.2) is 0 Å². The third kappa shape index (κ3) is 5.29. The normalized spacial score (nSPS) is 8.90. The third-order valence-electron chi connectivity index (χ3n) is 1.20. The Bertz CT molecular complexity index is 145. The fourth-order valence-corrected chi connectivity index (χ4v) is 0.616. The molecule has 1 nitrogen and oxygen atoms in total. The van der Waals surface area contributed by atoms with Gasteiger partial charge < -0.3 is 0 Å². The van der Waals surface area contributed by atoms with Crippen molar-refractivity contribution in [3.8, 4) is 0 Å². The molecule has 0 bridgehead atoms. The maximum absolute atomic E-state index is 10.8. The van der Waals surface area contributed by atoms with Crippen molar-refractivity contribution in [2.45, 2.75) is 26.2 Å². The summed E-state index contributed by atoms with van der Waals surface area (Å²) in [5.74, 6) is 0.248. The number of allylic oxidation sites excluding steroid dienone is 2. The largest absolute Gasteiger partial charge is 0.299 e. The molecule has 0 aromatic carbocycles. The number of carbonyl (C=O) groups is 1. The van der Waals surface area contributed by atoms with Crippen LogP contribution in [0.4, 0.5) is 0 Å². The first-order valence-electron chi connectivity index (χ1n) is 3.43. The van der Waals surface area contributed by atoms with E-state index in [2.05, 4.69) is 13.2 Å². The highest BCUT2D eigenvalue weighted by Crippen LogP contribution is 2.02. The molecule has 0 fully saturated rings. The van der Waals surface area contributed by atoms with Crippen LogP contribution >= 0.6 is 0 Å². The van der Waals surface area contributed by atoms with Crippen LogP contribution in [0, 0.1) is 0 Å². The zero-order valence-electron chi connectivity index (χ0n) is 6.52. The first-order valence-corrected chi connectivity index (χ1v) is 3.43. The number of carbonyl (C=O) groups excluding carboxylic acids is 1. The number of rotatable bonds is 5. The second-order valence-corrected chi connectivity index (χ2v) is 2.49. The van der Waals surface area contributed by atoms with E-state index in [-0.39, 0.29) is 5.78 Å². The Morgan fingerprint density at radius 3 is 2.50 bits per heavy atom. The molecule has 0 aromatic heterocycles. The molecule has 0 spiro atoms. The van der Waals surface area contributed by atoms with E-state index in [9.17, 15) is 4.79 Å². The molecule has 0 unspecified atom stereocenters. The SMILES string of the molecule is C=CCC(=O)CCC(=C)C. The Hall–Kier alpha value is -0.850. The van der Waals surface area contributed by atoms with Gasteiger partial charge in [0.2, 0.25) is 0 Å². The molecule has 1 heteroatoms. The van der Waals surface area contributed by atoms with E-state index in [0.717, 1.165) is 12.0 Å². The molecule has 0 heterocycles. The van der Waals surface area contributed by atoms with Crippen LogP contribution in [0.15, 0.2) is 24.8 Å². The predicted molar refractivity (Wildman–Crippen MR) is 43.9 cm³/mol. The maximum atomic E-state index is 10.8. The van der Waals surface area contributed by atoms with Crippen LogP contribution in [0.3, 0.4) is 0 Å². The predicted octanol–water partition coefficient (Wildman–Crippen LogP) is 2.49. The number of ketones is 1. The number of hydrogen-bond acceptors (Lipinski definition) is 1. The molecular formula is C9H14O. The molecule has 0 aliphatic rings. The highest BCUT2D eigenvalue weighted by atomic mass is 16.1. The molecule has 56 valence electrons.